The Hall–Kier alpha value is -0.340. The molecule has 0 fully saturated rings. The summed E-state index contributed by atoms with van der Waals surface area (Å²) >= 11 is 0. The first-order chi connectivity index (χ1) is 8.05. The molecule has 2 N–H and O–H groups in total. The van der Waals surface area contributed by atoms with Crippen molar-refractivity contribution < 1.29 is 0 Å². The second-order valence-corrected chi connectivity index (χ2v) is 5.24. The first-order valence-electron chi connectivity index (χ1n) is 7.09. The van der Waals surface area contributed by atoms with Gasteiger partial charge in [0.1, 0.15) is 0 Å². The number of unbranched alkanes of at least 4 members (excludes halogenated alkanes) is 3. The maximum atomic E-state index is 6.43. The third-order valence-electron chi connectivity index (χ3n) is 4.23. The Bertz CT molecular complexity index is 195. The Morgan fingerprint density at radius 3 is 2.18 bits per heavy atom. The molecule has 102 valence electrons. The topological polar surface area (TPSA) is 29.3 Å². The van der Waals surface area contributed by atoms with Crippen molar-refractivity contribution in [3.63, 3.8) is 0 Å². The summed E-state index contributed by atoms with van der Waals surface area (Å²) in [6, 6.07) is 0.288. The third kappa shape index (κ3) is 4.81. The van der Waals surface area contributed by atoms with E-state index in [-0.39, 0.29) is 11.6 Å². The van der Waals surface area contributed by atoms with Crippen molar-refractivity contribution >= 4 is 0 Å². The van der Waals surface area contributed by atoms with Gasteiger partial charge in [-0.2, -0.15) is 0 Å². The maximum absolute atomic E-state index is 6.43. The van der Waals surface area contributed by atoms with Gasteiger partial charge in [-0.3, -0.25) is 0 Å². The molecule has 0 aliphatic carbocycles. The molecule has 1 atom stereocenters. The number of likely N-dealkylation sites (N-methyl/N-ethyl adjacent to an activating group) is 1. The van der Waals surface area contributed by atoms with Crippen LogP contribution in [0.2, 0.25) is 0 Å². The highest BCUT2D eigenvalue weighted by molar-refractivity contribution is 4.95. The number of nitrogens with zero attached hydrogens (tertiary/aromatic N) is 1. The van der Waals surface area contributed by atoms with Crippen LogP contribution in [0.25, 0.3) is 0 Å². The van der Waals surface area contributed by atoms with Crippen LogP contribution in [0.1, 0.15) is 58.8 Å². The molecule has 0 saturated heterocycles. The summed E-state index contributed by atoms with van der Waals surface area (Å²) in [6.07, 6.45) is 10.3. The van der Waals surface area contributed by atoms with Crippen LogP contribution in [-0.2, 0) is 0 Å². The molecule has 17 heavy (non-hydrogen) atoms. The summed E-state index contributed by atoms with van der Waals surface area (Å²) in [4.78, 5) is 2.32. The van der Waals surface area contributed by atoms with Crippen LogP contribution in [0.3, 0.4) is 0 Å². The molecule has 0 spiro atoms. The van der Waals surface area contributed by atoms with Gasteiger partial charge in [0.05, 0.1) is 0 Å². The highest BCUT2D eigenvalue weighted by atomic mass is 15.2. The lowest BCUT2D eigenvalue weighted by atomic mass is 9.81. The van der Waals surface area contributed by atoms with Gasteiger partial charge in [-0.25, -0.2) is 0 Å². The quantitative estimate of drug-likeness (QED) is 0.467. The minimum absolute atomic E-state index is 0.179. The van der Waals surface area contributed by atoms with Crippen LogP contribution < -0.4 is 5.73 Å². The van der Waals surface area contributed by atoms with Gasteiger partial charge in [0.2, 0.25) is 0 Å². The summed E-state index contributed by atoms with van der Waals surface area (Å²) in [5.41, 5.74) is 6.61. The lowest BCUT2D eigenvalue weighted by Crippen LogP contribution is -2.56. The fraction of sp³-hybridized carbons (Fsp3) is 0.867. The fourth-order valence-corrected chi connectivity index (χ4v) is 2.84. The molecule has 0 radical (unpaired) electrons. The molecule has 0 aromatic heterocycles. The van der Waals surface area contributed by atoms with E-state index in [0.29, 0.717) is 0 Å². The van der Waals surface area contributed by atoms with Gasteiger partial charge in [0, 0.05) is 11.6 Å². The molecule has 2 nitrogen and oxygen atoms in total. The van der Waals surface area contributed by atoms with Crippen LogP contribution in [0.15, 0.2) is 12.7 Å². The second-order valence-electron chi connectivity index (χ2n) is 5.24. The normalized spacial score (nSPS) is 14.0. The van der Waals surface area contributed by atoms with Crippen molar-refractivity contribution in [2.24, 2.45) is 5.73 Å². The molecule has 0 heterocycles. The van der Waals surface area contributed by atoms with E-state index in [0.717, 1.165) is 25.7 Å². The van der Waals surface area contributed by atoms with Crippen molar-refractivity contribution in [2.75, 3.05) is 14.1 Å². The lowest BCUT2D eigenvalue weighted by molar-refractivity contribution is 0.100. The standard InChI is InChI=1S/C15H32N2/c1-6-9-10-11-12-13-14(16)15(7-2,8-3)17(4)5/h6,14H,1,7-13,16H2,2-5H3. The van der Waals surface area contributed by atoms with E-state index in [2.05, 4.69) is 39.4 Å². The maximum Gasteiger partial charge on any atom is 0.0349 e. The molecular weight excluding hydrogens is 208 g/mol. The number of allylic oxidation sites excluding steroid dienone is 1. The zero-order valence-electron chi connectivity index (χ0n) is 12.3. The average molecular weight is 240 g/mol. The Morgan fingerprint density at radius 1 is 1.18 bits per heavy atom. The van der Waals surface area contributed by atoms with E-state index in [1.807, 2.05) is 6.08 Å². The van der Waals surface area contributed by atoms with Crippen LogP contribution >= 0.6 is 0 Å². The first-order valence-corrected chi connectivity index (χ1v) is 7.09. The highest BCUT2D eigenvalue weighted by Crippen LogP contribution is 2.27. The van der Waals surface area contributed by atoms with Crippen LogP contribution in [-0.4, -0.2) is 30.6 Å². The van der Waals surface area contributed by atoms with E-state index in [9.17, 15) is 0 Å². The lowest BCUT2D eigenvalue weighted by Gasteiger charge is -2.43. The highest BCUT2D eigenvalue weighted by Gasteiger charge is 2.34. The van der Waals surface area contributed by atoms with Crippen molar-refractivity contribution in [3.05, 3.63) is 12.7 Å². The predicted molar refractivity (Wildman–Crippen MR) is 78.3 cm³/mol. The number of rotatable bonds is 10. The molecule has 0 saturated carbocycles. The molecule has 0 aliphatic heterocycles. The average Bonchev–Trinajstić information content (AvgIpc) is 2.30. The Morgan fingerprint density at radius 2 is 1.76 bits per heavy atom. The van der Waals surface area contributed by atoms with Crippen LogP contribution in [0, 0.1) is 0 Å². The van der Waals surface area contributed by atoms with E-state index in [4.69, 9.17) is 5.73 Å². The van der Waals surface area contributed by atoms with Gasteiger partial charge < -0.3 is 10.6 Å². The largest absolute Gasteiger partial charge is 0.326 e. The number of hydrogen-bond donors (Lipinski definition) is 1. The first kappa shape index (κ1) is 16.7. The summed E-state index contributed by atoms with van der Waals surface area (Å²) in [5.74, 6) is 0. The zero-order valence-corrected chi connectivity index (χ0v) is 12.3. The number of nitrogens with two attached hydrogens (primary N) is 1. The third-order valence-corrected chi connectivity index (χ3v) is 4.23. The van der Waals surface area contributed by atoms with Crippen molar-refractivity contribution in [1.29, 1.82) is 0 Å². The molecule has 0 aromatic rings. The van der Waals surface area contributed by atoms with Crippen LogP contribution in [0.5, 0.6) is 0 Å². The fourth-order valence-electron chi connectivity index (χ4n) is 2.84. The molecular formula is C15H32N2. The Balaban J connectivity index is 4.15. The van der Waals surface area contributed by atoms with Gasteiger partial charge in [-0.1, -0.05) is 32.8 Å². The van der Waals surface area contributed by atoms with E-state index < -0.39 is 0 Å². The van der Waals surface area contributed by atoms with Gasteiger partial charge in [-0.05, 0) is 46.2 Å². The van der Waals surface area contributed by atoms with Gasteiger partial charge in [0.15, 0.2) is 0 Å². The SMILES string of the molecule is C=CCCCCCC(N)C(CC)(CC)N(C)C. The summed E-state index contributed by atoms with van der Waals surface area (Å²) in [5, 5.41) is 0. The smallest absolute Gasteiger partial charge is 0.0349 e. The molecule has 0 aromatic carbocycles. The van der Waals surface area contributed by atoms with E-state index in [1.54, 1.807) is 0 Å². The van der Waals surface area contributed by atoms with Crippen molar-refractivity contribution in [2.45, 2.75) is 70.4 Å². The molecule has 0 rings (SSSR count). The molecule has 0 amide bonds. The van der Waals surface area contributed by atoms with Gasteiger partial charge in [0.25, 0.3) is 0 Å². The molecule has 0 bridgehead atoms. The van der Waals surface area contributed by atoms with Crippen molar-refractivity contribution in [3.8, 4) is 0 Å². The van der Waals surface area contributed by atoms with Crippen molar-refractivity contribution in [1.82, 2.24) is 4.90 Å². The molecule has 1 unspecified atom stereocenters. The molecule has 2 heteroatoms. The Labute approximate surface area is 108 Å². The summed E-state index contributed by atoms with van der Waals surface area (Å²) < 4.78 is 0. The number of hydrogen-bond acceptors (Lipinski definition) is 2. The summed E-state index contributed by atoms with van der Waals surface area (Å²) in [7, 11) is 4.31. The second kappa shape index (κ2) is 8.71. The Kier molecular flexibility index (Phi) is 8.53. The monoisotopic (exact) mass is 240 g/mol. The summed E-state index contributed by atoms with van der Waals surface area (Å²) in [6.45, 7) is 8.25. The van der Waals surface area contributed by atoms with Crippen LogP contribution in [0.4, 0.5) is 0 Å². The van der Waals surface area contributed by atoms with Gasteiger partial charge >= 0.3 is 0 Å². The minimum atomic E-state index is 0.179. The predicted octanol–water partition coefficient (Wildman–Crippen LogP) is 3.57. The molecule has 0 aliphatic rings. The minimum Gasteiger partial charge on any atom is -0.326 e. The van der Waals surface area contributed by atoms with E-state index in [1.165, 1.54) is 19.3 Å². The van der Waals surface area contributed by atoms with Gasteiger partial charge in [-0.15, -0.1) is 6.58 Å². The zero-order chi connectivity index (χ0) is 13.3. The van der Waals surface area contributed by atoms with E-state index >= 15 is 0 Å².